The van der Waals surface area contributed by atoms with Crippen LogP contribution in [-0.2, 0) is 0 Å². The number of hydrogen-bond acceptors (Lipinski definition) is 1. The Kier molecular flexibility index (Phi) is 3.27. The van der Waals surface area contributed by atoms with Crippen LogP contribution in [0.15, 0.2) is 16.6 Å². The van der Waals surface area contributed by atoms with E-state index in [4.69, 9.17) is 16.3 Å². The molecule has 0 N–H and O–H groups in total. The lowest BCUT2D eigenvalue weighted by molar-refractivity contribution is 0.412. The van der Waals surface area contributed by atoms with Crippen molar-refractivity contribution >= 4 is 27.5 Å². The van der Waals surface area contributed by atoms with E-state index >= 15 is 0 Å². The van der Waals surface area contributed by atoms with Crippen molar-refractivity contribution in [1.82, 2.24) is 0 Å². The molecule has 15 heavy (non-hydrogen) atoms. The maximum absolute atomic E-state index is 6.34. The van der Waals surface area contributed by atoms with Gasteiger partial charge in [0.25, 0.3) is 0 Å². The number of ether oxygens (including phenoxy) is 1. The van der Waals surface area contributed by atoms with Gasteiger partial charge in [-0.3, -0.25) is 0 Å². The normalized spacial score (nSPS) is 24.8. The minimum atomic E-state index is 0.127. The zero-order valence-corrected chi connectivity index (χ0v) is 11.2. The highest BCUT2D eigenvalue weighted by Crippen LogP contribution is 2.45. The van der Waals surface area contributed by atoms with E-state index in [0.29, 0.717) is 5.92 Å². The summed E-state index contributed by atoms with van der Waals surface area (Å²) in [5.74, 6) is 1.45. The Labute approximate surface area is 104 Å². The van der Waals surface area contributed by atoms with Crippen LogP contribution in [0.4, 0.5) is 0 Å². The van der Waals surface area contributed by atoms with Crippen molar-refractivity contribution < 1.29 is 4.74 Å². The highest BCUT2D eigenvalue weighted by atomic mass is 79.9. The molecule has 2 rings (SSSR count). The zero-order valence-electron chi connectivity index (χ0n) is 8.89. The molecule has 2 unspecified atom stereocenters. The van der Waals surface area contributed by atoms with Crippen molar-refractivity contribution in [2.45, 2.75) is 31.1 Å². The van der Waals surface area contributed by atoms with Gasteiger partial charge in [-0.15, -0.1) is 11.6 Å². The van der Waals surface area contributed by atoms with Crippen molar-refractivity contribution in [2.75, 3.05) is 7.11 Å². The van der Waals surface area contributed by atoms with E-state index in [1.165, 1.54) is 11.1 Å². The molecule has 1 nitrogen and oxygen atoms in total. The van der Waals surface area contributed by atoms with E-state index in [9.17, 15) is 0 Å². The first-order valence-electron chi connectivity index (χ1n) is 5.15. The zero-order chi connectivity index (χ0) is 11.0. The van der Waals surface area contributed by atoms with Crippen molar-refractivity contribution in [3.63, 3.8) is 0 Å². The van der Waals surface area contributed by atoms with Crippen molar-refractivity contribution in [1.29, 1.82) is 0 Å². The van der Waals surface area contributed by atoms with E-state index in [2.05, 4.69) is 28.9 Å². The summed E-state index contributed by atoms with van der Waals surface area (Å²) in [6.07, 6.45) is 2.21. The van der Waals surface area contributed by atoms with Gasteiger partial charge >= 0.3 is 0 Å². The third kappa shape index (κ3) is 2.02. The molecule has 0 saturated heterocycles. The Hall–Kier alpha value is -0.210. The first-order valence-corrected chi connectivity index (χ1v) is 6.37. The number of halogens is 2. The maximum atomic E-state index is 6.34. The Morgan fingerprint density at radius 3 is 2.80 bits per heavy atom. The van der Waals surface area contributed by atoms with Gasteiger partial charge in [0.1, 0.15) is 5.75 Å². The van der Waals surface area contributed by atoms with Gasteiger partial charge in [0, 0.05) is 4.47 Å². The molecule has 1 aromatic rings. The molecule has 0 amide bonds. The van der Waals surface area contributed by atoms with Gasteiger partial charge in [-0.1, -0.05) is 22.9 Å². The fraction of sp³-hybridized carbons (Fsp3) is 0.500. The van der Waals surface area contributed by atoms with E-state index in [1.54, 1.807) is 7.11 Å². The van der Waals surface area contributed by atoms with E-state index in [0.717, 1.165) is 23.1 Å². The number of fused-ring (bicyclic) bond motifs is 1. The topological polar surface area (TPSA) is 9.23 Å². The SMILES string of the molecule is COc1cc(Br)c2c(c1)C(Cl)CCC2C. The molecule has 0 saturated carbocycles. The fourth-order valence-corrected chi connectivity index (χ4v) is 3.36. The molecule has 2 atom stereocenters. The van der Waals surface area contributed by atoms with Gasteiger partial charge < -0.3 is 4.74 Å². The summed E-state index contributed by atoms with van der Waals surface area (Å²) in [5.41, 5.74) is 2.57. The summed E-state index contributed by atoms with van der Waals surface area (Å²) in [6, 6.07) is 4.08. The maximum Gasteiger partial charge on any atom is 0.120 e. The van der Waals surface area contributed by atoms with Crippen molar-refractivity contribution in [2.24, 2.45) is 0 Å². The van der Waals surface area contributed by atoms with Crippen LogP contribution in [-0.4, -0.2) is 7.11 Å². The molecule has 0 spiro atoms. The molecular formula is C12H14BrClO. The van der Waals surface area contributed by atoms with Crippen LogP contribution < -0.4 is 4.74 Å². The standard InChI is InChI=1S/C12H14BrClO/c1-7-3-4-11(14)9-5-8(15-2)6-10(13)12(7)9/h5-7,11H,3-4H2,1-2H3. The molecule has 0 bridgehead atoms. The van der Waals surface area contributed by atoms with Gasteiger partial charge in [0.15, 0.2) is 0 Å². The third-order valence-corrected chi connectivity index (χ3v) is 4.16. The molecule has 1 aliphatic carbocycles. The summed E-state index contributed by atoms with van der Waals surface area (Å²) >= 11 is 9.94. The molecule has 0 heterocycles. The summed E-state index contributed by atoms with van der Waals surface area (Å²) in [5, 5.41) is 0.127. The Morgan fingerprint density at radius 1 is 1.40 bits per heavy atom. The fourth-order valence-electron chi connectivity index (χ4n) is 2.21. The van der Waals surface area contributed by atoms with Crippen LogP contribution in [0, 0.1) is 0 Å². The third-order valence-electron chi connectivity index (χ3n) is 3.05. The highest BCUT2D eigenvalue weighted by Gasteiger charge is 2.26. The van der Waals surface area contributed by atoms with Crippen LogP contribution in [0.1, 0.15) is 42.2 Å². The number of alkyl halides is 1. The lowest BCUT2D eigenvalue weighted by Gasteiger charge is -2.27. The molecule has 3 heteroatoms. The Balaban J connectivity index is 2.56. The summed E-state index contributed by atoms with van der Waals surface area (Å²) in [6.45, 7) is 2.25. The van der Waals surface area contributed by atoms with Gasteiger partial charge in [-0.2, -0.15) is 0 Å². The number of benzene rings is 1. The summed E-state index contributed by atoms with van der Waals surface area (Å²) in [4.78, 5) is 0. The summed E-state index contributed by atoms with van der Waals surface area (Å²) < 4.78 is 6.38. The van der Waals surface area contributed by atoms with Crippen LogP contribution in [0.2, 0.25) is 0 Å². The van der Waals surface area contributed by atoms with Crippen LogP contribution >= 0.6 is 27.5 Å². The van der Waals surface area contributed by atoms with Crippen LogP contribution in [0.5, 0.6) is 5.75 Å². The number of rotatable bonds is 1. The molecule has 1 aliphatic rings. The summed E-state index contributed by atoms with van der Waals surface area (Å²) in [7, 11) is 1.68. The number of hydrogen-bond donors (Lipinski definition) is 0. The van der Waals surface area contributed by atoms with E-state index in [-0.39, 0.29) is 5.38 Å². The average molecular weight is 290 g/mol. The molecule has 0 radical (unpaired) electrons. The second kappa shape index (κ2) is 4.34. The predicted molar refractivity (Wildman–Crippen MR) is 66.9 cm³/mol. The lowest BCUT2D eigenvalue weighted by Crippen LogP contribution is -2.10. The smallest absolute Gasteiger partial charge is 0.120 e. The quantitative estimate of drug-likeness (QED) is 0.685. The van der Waals surface area contributed by atoms with Gasteiger partial charge in [0.05, 0.1) is 12.5 Å². The monoisotopic (exact) mass is 288 g/mol. The van der Waals surface area contributed by atoms with Crippen LogP contribution in [0.25, 0.3) is 0 Å². The second-order valence-electron chi connectivity index (χ2n) is 4.06. The van der Waals surface area contributed by atoms with Crippen molar-refractivity contribution in [3.05, 3.63) is 27.7 Å². The minimum absolute atomic E-state index is 0.127. The Morgan fingerprint density at radius 2 is 2.13 bits per heavy atom. The van der Waals surface area contributed by atoms with Gasteiger partial charge in [-0.25, -0.2) is 0 Å². The van der Waals surface area contributed by atoms with Crippen LogP contribution in [0.3, 0.4) is 0 Å². The number of methoxy groups -OCH3 is 1. The largest absolute Gasteiger partial charge is 0.497 e. The first-order chi connectivity index (χ1) is 7.13. The molecule has 0 aromatic heterocycles. The Bertz CT molecular complexity index is 378. The average Bonchev–Trinajstić information content (AvgIpc) is 2.23. The van der Waals surface area contributed by atoms with Crippen molar-refractivity contribution in [3.8, 4) is 5.75 Å². The predicted octanol–water partition coefficient (Wildman–Crippen LogP) is 4.63. The second-order valence-corrected chi connectivity index (χ2v) is 5.44. The van der Waals surface area contributed by atoms with E-state index < -0.39 is 0 Å². The molecule has 0 aliphatic heterocycles. The van der Waals surface area contributed by atoms with E-state index in [1.807, 2.05) is 6.07 Å². The molecular weight excluding hydrogens is 275 g/mol. The molecule has 1 aromatic carbocycles. The lowest BCUT2D eigenvalue weighted by atomic mass is 9.83. The van der Waals surface area contributed by atoms with Gasteiger partial charge in [0.2, 0.25) is 0 Å². The first kappa shape index (κ1) is 11.3. The minimum Gasteiger partial charge on any atom is -0.497 e. The van der Waals surface area contributed by atoms with Gasteiger partial charge in [-0.05, 0) is 42.0 Å². The molecule has 0 fully saturated rings. The molecule has 82 valence electrons. The highest BCUT2D eigenvalue weighted by molar-refractivity contribution is 9.10.